The fourth-order valence-corrected chi connectivity index (χ4v) is 6.39. The second-order valence-corrected chi connectivity index (χ2v) is 10.6. The number of piperazine rings is 1. The summed E-state index contributed by atoms with van der Waals surface area (Å²) >= 11 is 0. The molecule has 0 spiro atoms. The van der Waals surface area contributed by atoms with E-state index in [1.807, 2.05) is 23.1 Å². The largest absolute Gasteiger partial charge is 0.339 e. The Labute approximate surface area is 166 Å². The average Bonchev–Trinajstić information content (AvgIpc) is 3.30. The van der Waals surface area contributed by atoms with Crippen LogP contribution in [0.15, 0.2) is 30.3 Å². The molecule has 2 saturated carbocycles. The zero-order valence-electron chi connectivity index (χ0n) is 16.1. The second-order valence-electron chi connectivity index (χ2n) is 8.28. The number of carbonyl (C=O) groups is 2. The second kappa shape index (κ2) is 7.85. The lowest BCUT2D eigenvalue weighted by Crippen LogP contribution is -2.52. The summed E-state index contributed by atoms with van der Waals surface area (Å²) in [5.74, 6) is -0.172. The molecule has 0 bridgehead atoms. The molecule has 3 fully saturated rings. The molecule has 1 aromatic carbocycles. The molecule has 2 aliphatic carbocycles. The number of amides is 2. The van der Waals surface area contributed by atoms with Crippen LogP contribution in [0, 0.1) is 5.92 Å². The smallest absolute Gasteiger partial charge is 0.237 e. The van der Waals surface area contributed by atoms with Crippen LogP contribution in [0.4, 0.5) is 0 Å². The zero-order chi connectivity index (χ0) is 19.7. The van der Waals surface area contributed by atoms with Crippen molar-refractivity contribution >= 4 is 21.7 Å². The molecule has 1 heterocycles. The van der Waals surface area contributed by atoms with E-state index < -0.39 is 9.84 Å². The Morgan fingerprint density at radius 1 is 0.929 bits per heavy atom. The standard InChI is InChI=1S/C21H28N2O4S/c24-20(15-28(26,27)17-8-4-5-9-17)22-10-12-23(13-11-22)21(25)19-14-18(19)16-6-2-1-3-7-16/h1-3,6-7,17-19H,4-5,8-15H2/t18?,19-/m1/s1. The van der Waals surface area contributed by atoms with Crippen molar-refractivity contribution in [3.8, 4) is 0 Å². The monoisotopic (exact) mass is 404 g/mol. The lowest BCUT2D eigenvalue weighted by atomic mass is 10.1. The third-order valence-corrected chi connectivity index (χ3v) is 8.55. The first-order valence-electron chi connectivity index (χ1n) is 10.3. The van der Waals surface area contributed by atoms with E-state index in [2.05, 4.69) is 12.1 Å². The molecule has 1 aromatic rings. The molecule has 2 atom stereocenters. The molecule has 3 aliphatic rings. The first kappa shape index (κ1) is 19.4. The van der Waals surface area contributed by atoms with E-state index in [1.165, 1.54) is 5.56 Å². The Balaban J connectivity index is 1.26. The minimum atomic E-state index is -3.35. The fraction of sp³-hybridized carbons (Fsp3) is 0.619. The van der Waals surface area contributed by atoms with Crippen molar-refractivity contribution in [2.45, 2.75) is 43.3 Å². The van der Waals surface area contributed by atoms with Crippen LogP contribution in [0.5, 0.6) is 0 Å². The number of carbonyl (C=O) groups excluding carboxylic acids is 2. The van der Waals surface area contributed by atoms with Gasteiger partial charge >= 0.3 is 0 Å². The van der Waals surface area contributed by atoms with Gasteiger partial charge in [-0.1, -0.05) is 43.2 Å². The molecule has 7 heteroatoms. The Morgan fingerprint density at radius 3 is 2.18 bits per heavy atom. The molecular formula is C21H28N2O4S. The predicted molar refractivity (Wildman–Crippen MR) is 106 cm³/mol. The van der Waals surface area contributed by atoms with E-state index in [1.54, 1.807) is 4.90 Å². The van der Waals surface area contributed by atoms with Crippen LogP contribution in [0.25, 0.3) is 0 Å². The van der Waals surface area contributed by atoms with E-state index in [9.17, 15) is 18.0 Å². The molecule has 1 unspecified atom stereocenters. The highest BCUT2D eigenvalue weighted by atomic mass is 32.2. The number of hydrogen-bond donors (Lipinski definition) is 0. The lowest BCUT2D eigenvalue weighted by molar-refractivity contribution is -0.139. The van der Waals surface area contributed by atoms with E-state index in [4.69, 9.17) is 0 Å². The summed E-state index contributed by atoms with van der Waals surface area (Å²) in [6.07, 6.45) is 4.12. The third kappa shape index (κ3) is 4.09. The maximum absolute atomic E-state index is 12.7. The van der Waals surface area contributed by atoms with Crippen molar-refractivity contribution in [1.82, 2.24) is 9.80 Å². The zero-order valence-corrected chi connectivity index (χ0v) is 16.9. The van der Waals surface area contributed by atoms with E-state index >= 15 is 0 Å². The molecule has 1 aliphatic heterocycles. The van der Waals surface area contributed by atoms with Crippen LogP contribution in [-0.4, -0.2) is 67.2 Å². The first-order valence-corrected chi connectivity index (χ1v) is 12.0. The summed E-state index contributed by atoms with van der Waals surface area (Å²) in [6, 6.07) is 10.1. The van der Waals surface area contributed by atoms with Gasteiger partial charge in [0.15, 0.2) is 9.84 Å². The van der Waals surface area contributed by atoms with Gasteiger partial charge in [-0.05, 0) is 30.7 Å². The SMILES string of the molecule is O=C(CS(=O)(=O)C1CCCC1)N1CCN(C(=O)[C@@H]2CC2c2ccccc2)CC1. The Hall–Kier alpha value is -1.89. The van der Waals surface area contributed by atoms with Crippen LogP contribution < -0.4 is 0 Å². The average molecular weight is 405 g/mol. The van der Waals surface area contributed by atoms with Crippen LogP contribution in [0.2, 0.25) is 0 Å². The van der Waals surface area contributed by atoms with E-state index in [0.29, 0.717) is 44.9 Å². The maximum atomic E-state index is 12.7. The lowest BCUT2D eigenvalue weighted by Gasteiger charge is -2.35. The van der Waals surface area contributed by atoms with Gasteiger partial charge in [0, 0.05) is 32.1 Å². The van der Waals surface area contributed by atoms with E-state index in [0.717, 1.165) is 19.3 Å². The van der Waals surface area contributed by atoms with Crippen molar-refractivity contribution in [2.24, 2.45) is 5.92 Å². The van der Waals surface area contributed by atoms with Gasteiger partial charge in [0.25, 0.3) is 0 Å². The summed E-state index contributed by atoms with van der Waals surface area (Å²) in [5.41, 5.74) is 1.21. The number of benzene rings is 1. The molecular weight excluding hydrogens is 376 g/mol. The van der Waals surface area contributed by atoms with Crippen LogP contribution in [0.1, 0.15) is 43.6 Å². The van der Waals surface area contributed by atoms with Crippen molar-refractivity contribution in [3.05, 3.63) is 35.9 Å². The Bertz CT molecular complexity index is 825. The molecule has 28 heavy (non-hydrogen) atoms. The van der Waals surface area contributed by atoms with Gasteiger partial charge in [0.1, 0.15) is 5.75 Å². The van der Waals surface area contributed by atoms with Crippen molar-refractivity contribution < 1.29 is 18.0 Å². The topological polar surface area (TPSA) is 74.8 Å². The minimum Gasteiger partial charge on any atom is -0.339 e. The molecule has 2 amide bonds. The van der Waals surface area contributed by atoms with Crippen molar-refractivity contribution in [3.63, 3.8) is 0 Å². The molecule has 1 saturated heterocycles. The summed E-state index contributed by atoms with van der Waals surface area (Å²) in [6.45, 7) is 1.83. The highest BCUT2D eigenvalue weighted by Gasteiger charge is 2.46. The van der Waals surface area contributed by atoms with Gasteiger partial charge in [-0.25, -0.2) is 8.42 Å². The fourth-order valence-electron chi connectivity index (χ4n) is 4.58. The van der Waals surface area contributed by atoms with Gasteiger partial charge < -0.3 is 9.80 Å². The normalized spacial score (nSPS) is 25.7. The summed E-state index contributed by atoms with van der Waals surface area (Å²) in [7, 11) is -3.35. The highest BCUT2D eigenvalue weighted by Crippen LogP contribution is 2.48. The summed E-state index contributed by atoms with van der Waals surface area (Å²) in [5, 5.41) is -0.343. The van der Waals surface area contributed by atoms with Crippen molar-refractivity contribution in [1.29, 1.82) is 0 Å². The van der Waals surface area contributed by atoms with Gasteiger partial charge in [-0.3, -0.25) is 9.59 Å². The predicted octanol–water partition coefficient (Wildman–Crippen LogP) is 1.82. The summed E-state index contributed by atoms with van der Waals surface area (Å²) in [4.78, 5) is 28.7. The number of hydrogen-bond acceptors (Lipinski definition) is 4. The van der Waals surface area contributed by atoms with Gasteiger partial charge in [-0.15, -0.1) is 0 Å². The summed E-state index contributed by atoms with van der Waals surface area (Å²) < 4.78 is 24.8. The molecule has 0 radical (unpaired) electrons. The number of sulfone groups is 1. The minimum absolute atomic E-state index is 0.0485. The van der Waals surface area contributed by atoms with Crippen LogP contribution >= 0.6 is 0 Å². The quantitative estimate of drug-likeness (QED) is 0.750. The van der Waals surface area contributed by atoms with E-state index in [-0.39, 0.29) is 28.7 Å². The highest BCUT2D eigenvalue weighted by molar-refractivity contribution is 7.92. The number of nitrogens with zero attached hydrogens (tertiary/aromatic N) is 2. The number of rotatable bonds is 5. The Morgan fingerprint density at radius 2 is 1.54 bits per heavy atom. The molecule has 6 nitrogen and oxygen atoms in total. The first-order chi connectivity index (χ1) is 13.5. The molecule has 4 rings (SSSR count). The van der Waals surface area contributed by atoms with Crippen molar-refractivity contribution in [2.75, 3.05) is 31.9 Å². The molecule has 152 valence electrons. The third-order valence-electron chi connectivity index (χ3n) is 6.41. The Kier molecular flexibility index (Phi) is 5.45. The molecule has 0 N–H and O–H groups in total. The van der Waals surface area contributed by atoms with Crippen LogP contribution in [0.3, 0.4) is 0 Å². The molecule has 0 aromatic heterocycles. The van der Waals surface area contributed by atoms with Crippen LogP contribution in [-0.2, 0) is 19.4 Å². The van der Waals surface area contributed by atoms with Gasteiger partial charge in [-0.2, -0.15) is 0 Å². The van der Waals surface area contributed by atoms with Gasteiger partial charge in [0.2, 0.25) is 11.8 Å². The maximum Gasteiger partial charge on any atom is 0.237 e. The van der Waals surface area contributed by atoms with Gasteiger partial charge in [0.05, 0.1) is 5.25 Å².